The largest absolute Gasteiger partial charge is 0.495 e. The standard InChI is InChI=1S/C15H20N2O3S/c1-12-7-9-17(11-12)21(18,19)14-5-6-15(20-2)13(10-14)4-3-8-16/h5-6,10,12H,7-9,11,16H2,1-2H3. The highest BCUT2D eigenvalue weighted by molar-refractivity contribution is 7.89. The summed E-state index contributed by atoms with van der Waals surface area (Å²) in [7, 11) is -1.94. The van der Waals surface area contributed by atoms with Crippen molar-refractivity contribution in [1.29, 1.82) is 0 Å². The van der Waals surface area contributed by atoms with Crippen molar-refractivity contribution in [3.63, 3.8) is 0 Å². The van der Waals surface area contributed by atoms with Gasteiger partial charge in [-0.1, -0.05) is 18.8 Å². The number of hydrogen-bond acceptors (Lipinski definition) is 4. The van der Waals surface area contributed by atoms with Crippen LogP contribution in [0.4, 0.5) is 0 Å². The summed E-state index contributed by atoms with van der Waals surface area (Å²) in [4.78, 5) is 0.249. The molecule has 1 aliphatic rings. The Balaban J connectivity index is 2.40. The molecule has 0 saturated carbocycles. The van der Waals surface area contributed by atoms with Crippen molar-refractivity contribution in [3.8, 4) is 17.6 Å². The van der Waals surface area contributed by atoms with E-state index in [0.717, 1.165) is 6.42 Å². The van der Waals surface area contributed by atoms with Crippen LogP contribution in [0.3, 0.4) is 0 Å². The molecule has 1 fully saturated rings. The Morgan fingerprint density at radius 2 is 2.24 bits per heavy atom. The van der Waals surface area contributed by atoms with Crippen molar-refractivity contribution in [2.45, 2.75) is 18.2 Å². The fraction of sp³-hybridized carbons (Fsp3) is 0.467. The van der Waals surface area contributed by atoms with E-state index in [9.17, 15) is 8.42 Å². The van der Waals surface area contributed by atoms with E-state index >= 15 is 0 Å². The summed E-state index contributed by atoms with van der Waals surface area (Å²) in [5.74, 6) is 6.52. The minimum absolute atomic E-state index is 0.212. The Morgan fingerprint density at radius 3 is 2.81 bits per heavy atom. The average Bonchev–Trinajstić information content (AvgIpc) is 2.92. The van der Waals surface area contributed by atoms with Crippen LogP contribution in [0, 0.1) is 17.8 Å². The lowest BCUT2D eigenvalue weighted by Crippen LogP contribution is -2.28. The third-order valence-electron chi connectivity index (χ3n) is 3.52. The Hall–Kier alpha value is -1.55. The number of benzene rings is 1. The molecule has 0 spiro atoms. The predicted octanol–water partition coefficient (Wildman–Crippen LogP) is 1.04. The fourth-order valence-corrected chi connectivity index (χ4v) is 3.95. The second-order valence-electron chi connectivity index (χ2n) is 5.12. The Morgan fingerprint density at radius 1 is 1.48 bits per heavy atom. The van der Waals surface area contributed by atoms with E-state index in [4.69, 9.17) is 10.5 Å². The molecule has 0 aliphatic carbocycles. The molecule has 0 bridgehead atoms. The lowest BCUT2D eigenvalue weighted by molar-refractivity contribution is 0.413. The van der Waals surface area contributed by atoms with Gasteiger partial charge in [-0.05, 0) is 30.5 Å². The summed E-state index contributed by atoms with van der Waals surface area (Å²) in [6.07, 6.45) is 0.898. The first-order valence-corrected chi connectivity index (χ1v) is 8.30. The minimum Gasteiger partial charge on any atom is -0.495 e. The molecule has 114 valence electrons. The minimum atomic E-state index is -3.47. The van der Waals surface area contributed by atoms with Gasteiger partial charge in [0.1, 0.15) is 5.75 Å². The van der Waals surface area contributed by atoms with Crippen molar-refractivity contribution in [1.82, 2.24) is 4.31 Å². The van der Waals surface area contributed by atoms with Gasteiger partial charge < -0.3 is 10.5 Å². The number of sulfonamides is 1. The second kappa shape index (κ2) is 6.48. The summed E-state index contributed by atoms with van der Waals surface area (Å²) >= 11 is 0. The van der Waals surface area contributed by atoms with Gasteiger partial charge in [-0.15, -0.1) is 0 Å². The van der Waals surface area contributed by atoms with Crippen molar-refractivity contribution in [2.24, 2.45) is 11.7 Å². The van der Waals surface area contributed by atoms with Crippen molar-refractivity contribution < 1.29 is 13.2 Å². The number of methoxy groups -OCH3 is 1. The van der Waals surface area contributed by atoms with Gasteiger partial charge in [-0.2, -0.15) is 4.31 Å². The number of rotatable bonds is 3. The predicted molar refractivity (Wildman–Crippen MR) is 81.5 cm³/mol. The topological polar surface area (TPSA) is 72.6 Å². The van der Waals surface area contributed by atoms with Gasteiger partial charge in [0.2, 0.25) is 10.0 Å². The van der Waals surface area contributed by atoms with Crippen LogP contribution in [0.2, 0.25) is 0 Å². The smallest absolute Gasteiger partial charge is 0.243 e. The van der Waals surface area contributed by atoms with Gasteiger partial charge in [0, 0.05) is 13.1 Å². The first-order valence-electron chi connectivity index (χ1n) is 6.86. The third-order valence-corrected chi connectivity index (χ3v) is 5.38. The maximum atomic E-state index is 12.6. The molecule has 1 aromatic rings. The third kappa shape index (κ3) is 3.38. The van der Waals surface area contributed by atoms with Crippen LogP contribution in [0.1, 0.15) is 18.9 Å². The maximum Gasteiger partial charge on any atom is 0.243 e. The quantitative estimate of drug-likeness (QED) is 0.847. The van der Waals surface area contributed by atoms with Crippen LogP contribution in [-0.4, -0.2) is 39.5 Å². The van der Waals surface area contributed by atoms with Gasteiger partial charge >= 0.3 is 0 Å². The zero-order chi connectivity index (χ0) is 15.5. The number of nitrogens with two attached hydrogens (primary N) is 1. The zero-order valence-electron chi connectivity index (χ0n) is 12.3. The van der Waals surface area contributed by atoms with Gasteiger partial charge in [-0.25, -0.2) is 8.42 Å². The van der Waals surface area contributed by atoms with Crippen LogP contribution in [0.5, 0.6) is 5.75 Å². The molecule has 1 aromatic carbocycles. The summed E-state index contributed by atoms with van der Waals surface area (Å²) in [5.41, 5.74) is 5.90. The second-order valence-corrected chi connectivity index (χ2v) is 7.06. The SMILES string of the molecule is COc1ccc(S(=O)(=O)N2CCC(C)C2)cc1C#CCN. The monoisotopic (exact) mass is 308 g/mol. The van der Waals surface area contributed by atoms with E-state index in [1.807, 2.05) is 0 Å². The first kappa shape index (κ1) is 15.8. The average molecular weight is 308 g/mol. The fourth-order valence-electron chi connectivity index (χ4n) is 2.35. The van der Waals surface area contributed by atoms with Crippen molar-refractivity contribution in [3.05, 3.63) is 23.8 Å². The van der Waals surface area contributed by atoms with Crippen molar-refractivity contribution in [2.75, 3.05) is 26.7 Å². The number of ether oxygens (including phenoxy) is 1. The molecule has 2 rings (SSSR count). The molecule has 6 heteroatoms. The molecule has 1 unspecified atom stereocenters. The number of hydrogen-bond donors (Lipinski definition) is 1. The van der Waals surface area contributed by atoms with Crippen LogP contribution in [-0.2, 0) is 10.0 Å². The molecule has 0 radical (unpaired) electrons. The van der Waals surface area contributed by atoms with Gasteiger partial charge in [-0.3, -0.25) is 0 Å². The Kier molecular flexibility index (Phi) is 4.88. The Bertz CT molecular complexity index is 674. The van der Waals surface area contributed by atoms with Gasteiger partial charge in [0.05, 0.1) is 24.1 Å². The summed E-state index contributed by atoms with van der Waals surface area (Å²) in [6, 6.07) is 4.75. The molecule has 21 heavy (non-hydrogen) atoms. The molecule has 2 N–H and O–H groups in total. The molecule has 0 aromatic heterocycles. The van der Waals surface area contributed by atoms with Crippen LogP contribution < -0.4 is 10.5 Å². The van der Waals surface area contributed by atoms with Crippen LogP contribution in [0.25, 0.3) is 0 Å². The van der Waals surface area contributed by atoms with E-state index in [1.54, 1.807) is 18.2 Å². The summed E-state index contributed by atoms with van der Waals surface area (Å²) in [6.45, 7) is 3.41. The number of nitrogens with zero attached hydrogens (tertiary/aromatic N) is 1. The molecular formula is C15H20N2O3S. The van der Waals surface area contributed by atoms with Gasteiger partial charge in [0.25, 0.3) is 0 Å². The van der Waals surface area contributed by atoms with E-state index in [0.29, 0.717) is 30.3 Å². The molecular weight excluding hydrogens is 288 g/mol. The van der Waals surface area contributed by atoms with Gasteiger partial charge in [0.15, 0.2) is 0 Å². The van der Waals surface area contributed by atoms with E-state index in [-0.39, 0.29) is 11.4 Å². The van der Waals surface area contributed by atoms with Crippen molar-refractivity contribution >= 4 is 10.0 Å². The molecule has 1 heterocycles. The van der Waals surface area contributed by atoms with Crippen LogP contribution >= 0.6 is 0 Å². The first-order chi connectivity index (χ1) is 9.98. The molecule has 0 amide bonds. The highest BCUT2D eigenvalue weighted by Gasteiger charge is 2.30. The molecule has 1 atom stereocenters. The normalized spacial score (nSPS) is 19.1. The van der Waals surface area contributed by atoms with E-state index < -0.39 is 10.0 Å². The molecule has 5 nitrogen and oxygen atoms in total. The van der Waals surface area contributed by atoms with Crippen LogP contribution in [0.15, 0.2) is 23.1 Å². The zero-order valence-corrected chi connectivity index (χ0v) is 13.1. The Labute approximate surface area is 126 Å². The van der Waals surface area contributed by atoms with E-state index in [1.165, 1.54) is 11.4 Å². The summed E-state index contributed by atoms with van der Waals surface area (Å²) in [5, 5.41) is 0. The molecule has 1 saturated heterocycles. The highest BCUT2D eigenvalue weighted by atomic mass is 32.2. The maximum absolute atomic E-state index is 12.6. The lowest BCUT2D eigenvalue weighted by Gasteiger charge is -2.16. The summed E-state index contributed by atoms with van der Waals surface area (Å²) < 4.78 is 32.0. The van der Waals surface area contributed by atoms with E-state index in [2.05, 4.69) is 18.8 Å². The highest BCUT2D eigenvalue weighted by Crippen LogP contribution is 2.27. The lowest BCUT2D eigenvalue weighted by atomic mass is 10.2. The molecule has 1 aliphatic heterocycles.